The Morgan fingerprint density at radius 3 is 0.974 bits per heavy atom. The minimum Gasteiger partial charge on any atom is -0.330 e. The first-order chi connectivity index (χ1) is 18.9. The summed E-state index contributed by atoms with van der Waals surface area (Å²) in [7, 11) is 0. The van der Waals surface area contributed by atoms with E-state index in [1.807, 2.05) is 0 Å². The summed E-state index contributed by atoms with van der Waals surface area (Å²) >= 11 is 0. The Kier molecular flexibility index (Phi) is 11.7. The van der Waals surface area contributed by atoms with Gasteiger partial charge in [0.1, 0.15) is 0 Å². The number of nitrogens with two attached hydrogens (primary N) is 1. The molecule has 0 spiro atoms. The van der Waals surface area contributed by atoms with Gasteiger partial charge < -0.3 is 5.73 Å². The predicted octanol–water partition coefficient (Wildman–Crippen LogP) is 9.74. The van der Waals surface area contributed by atoms with Crippen LogP contribution in [0.4, 0.5) is 0 Å². The maximum absolute atomic E-state index is 5.65. The van der Waals surface area contributed by atoms with Crippen LogP contribution in [-0.4, -0.2) is 6.54 Å². The third-order valence-electron chi connectivity index (χ3n) is 7.98. The number of hydrogen-bond acceptors (Lipinski definition) is 1. The van der Waals surface area contributed by atoms with Crippen molar-refractivity contribution in [2.24, 2.45) is 11.7 Å². The molecule has 0 atom stereocenters. The summed E-state index contributed by atoms with van der Waals surface area (Å²) in [5.41, 5.74) is 11.3. The molecule has 4 aromatic rings. The third kappa shape index (κ3) is 8.17. The standard InChI is InChI=1S/C37H45N/c38-30-20-6-4-2-1-3-5-19-29-35(36(31-21-11-7-12-22-31)32-23-13-8-14-24-32)37(33-25-15-9-16-26-33)34-27-17-10-18-28-34/h7-18,21-28,35-37H,1-6,19-20,29-30,38H2. The van der Waals surface area contributed by atoms with E-state index in [9.17, 15) is 0 Å². The van der Waals surface area contributed by atoms with E-state index in [1.54, 1.807) is 0 Å². The molecule has 0 aliphatic carbocycles. The lowest BCUT2D eigenvalue weighted by atomic mass is 9.68. The van der Waals surface area contributed by atoms with Crippen molar-refractivity contribution >= 4 is 0 Å². The lowest BCUT2D eigenvalue weighted by molar-refractivity contribution is 0.370. The molecule has 0 amide bonds. The molecule has 4 rings (SSSR count). The van der Waals surface area contributed by atoms with Crippen molar-refractivity contribution in [3.8, 4) is 0 Å². The van der Waals surface area contributed by atoms with Gasteiger partial charge in [-0.2, -0.15) is 0 Å². The Bertz CT molecular complexity index is 962. The normalized spacial score (nSPS) is 11.5. The number of hydrogen-bond donors (Lipinski definition) is 1. The molecule has 198 valence electrons. The second-order valence-electron chi connectivity index (χ2n) is 10.7. The van der Waals surface area contributed by atoms with Crippen LogP contribution in [0.1, 0.15) is 91.9 Å². The molecule has 0 bridgehead atoms. The minimum atomic E-state index is 0.332. The van der Waals surface area contributed by atoms with E-state index in [0.29, 0.717) is 17.8 Å². The summed E-state index contributed by atoms with van der Waals surface area (Å²) in [6.07, 6.45) is 11.6. The minimum absolute atomic E-state index is 0.332. The van der Waals surface area contributed by atoms with Gasteiger partial charge in [-0.3, -0.25) is 0 Å². The molecule has 0 heterocycles. The van der Waals surface area contributed by atoms with E-state index in [1.165, 1.54) is 80.0 Å². The molecule has 38 heavy (non-hydrogen) atoms. The van der Waals surface area contributed by atoms with Gasteiger partial charge in [-0.05, 0) is 47.6 Å². The third-order valence-corrected chi connectivity index (χ3v) is 7.98. The van der Waals surface area contributed by atoms with Crippen LogP contribution in [0.2, 0.25) is 0 Å². The zero-order chi connectivity index (χ0) is 26.3. The quantitative estimate of drug-likeness (QED) is 0.151. The highest BCUT2D eigenvalue weighted by Gasteiger charge is 2.33. The topological polar surface area (TPSA) is 26.0 Å². The second kappa shape index (κ2) is 15.9. The molecule has 2 N–H and O–H groups in total. The zero-order valence-electron chi connectivity index (χ0n) is 22.9. The van der Waals surface area contributed by atoms with Crippen LogP contribution in [0.3, 0.4) is 0 Å². The highest BCUT2D eigenvalue weighted by Crippen LogP contribution is 2.46. The zero-order valence-corrected chi connectivity index (χ0v) is 22.9. The van der Waals surface area contributed by atoms with Crippen molar-refractivity contribution in [2.75, 3.05) is 6.54 Å². The summed E-state index contributed by atoms with van der Waals surface area (Å²) in [6, 6.07) is 44.8. The van der Waals surface area contributed by atoms with Crippen LogP contribution in [0.25, 0.3) is 0 Å². The lowest BCUT2D eigenvalue weighted by Crippen LogP contribution is -2.23. The number of benzene rings is 4. The van der Waals surface area contributed by atoms with Crippen molar-refractivity contribution in [3.63, 3.8) is 0 Å². The van der Waals surface area contributed by atoms with Gasteiger partial charge in [0.15, 0.2) is 0 Å². The van der Waals surface area contributed by atoms with E-state index in [-0.39, 0.29) is 0 Å². The maximum Gasteiger partial charge on any atom is 0.0127 e. The molecule has 0 aliphatic rings. The first-order valence-electron chi connectivity index (χ1n) is 14.8. The van der Waals surface area contributed by atoms with Crippen molar-refractivity contribution in [2.45, 2.75) is 69.6 Å². The van der Waals surface area contributed by atoms with Gasteiger partial charge in [-0.15, -0.1) is 0 Å². The van der Waals surface area contributed by atoms with E-state index in [4.69, 9.17) is 5.73 Å². The SMILES string of the molecule is NCCCCCCCCCCC(C(c1ccccc1)c1ccccc1)C(c1ccccc1)c1ccccc1. The predicted molar refractivity (Wildman–Crippen MR) is 164 cm³/mol. The second-order valence-corrected chi connectivity index (χ2v) is 10.7. The van der Waals surface area contributed by atoms with Gasteiger partial charge in [0.25, 0.3) is 0 Å². The first kappa shape index (κ1) is 27.9. The first-order valence-corrected chi connectivity index (χ1v) is 14.8. The Labute approximate surface area is 231 Å². The van der Waals surface area contributed by atoms with Gasteiger partial charge in [-0.25, -0.2) is 0 Å². The molecule has 1 nitrogen and oxygen atoms in total. The Morgan fingerprint density at radius 1 is 0.368 bits per heavy atom. The molecular weight excluding hydrogens is 458 g/mol. The van der Waals surface area contributed by atoms with Crippen LogP contribution >= 0.6 is 0 Å². The van der Waals surface area contributed by atoms with Crippen LogP contribution < -0.4 is 5.73 Å². The molecule has 0 radical (unpaired) electrons. The van der Waals surface area contributed by atoms with Crippen LogP contribution in [0.5, 0.6) is 0 Å². The van der Waals surface area contributed by atoms with Crippen molar-refractivity contribution < 1.29 is 0 Å². The van der Waals surface area contributed by atoms with Gasteiger partial charge in [0, 0.05) is 11.8 Å². The fraction of sp³-hybridized carbons (Fsp3) is 0.351. The highest BCUT2D eigenvalue weighted by molar-refractivity contribution is 5.39. The lowest BCUT2D eigenvalue weighted by Gasteiger charge is -2.36. The fourth-order valence-corrected chi connectivity index (χ4v) is 6.13. The van der Waals surface area contributed by atoms with Crippen molar-refractivity contribution in [3.05, 3.63) is 144 Å². The smallest absolute Gasteiger partial charge is 0.0127 e. The Balaban J connectivity index is 1.64. The van der Waals surface area contributed by atoms with E-state index < -0.39 is 0 Å². The van der Waals surface area contributed by atoms with Crippen LogP contribution in [0.15, 0.2) is 121 Å². The Morgan fingerprint density at radius 2 is 0.658 bits per heavy atom. The molecule has 0 aliphatic heterocycles. The summed E-state index contributed by atoms with van der Waals surface area (Å²) in [5, 5.41) is 0. The molecule has 0 aromatic heterocycles. The summed E-state index contributed by atoms with van der Waals surface area (Å²) in [6.45, 7) is 0.829. The van der Waals surface area contributed by atoms with Crippen molar-refractivity contribution in [1.29, 1.82) is 0 Å². The van der Waals surface area contributed by atoms with Gasteiger partial charge in [0.05, 0.1) is 0 Å². The highest BCUT2D eigenvalue weighted by atomic mass is 14.5. The average Bonchev–Trinajstić information content (AvgIpc) is 2.98. The fourth-order valence-electron chi connectivity index (χ4n) is 6.13. The number of rotatable bonds is 16. The monoisotopic (exact) mass is 503 g/mol. The van der Waals surface area contributed by atoms with Crippen LogP contribution in [-0.2, 0) is 0 Å². The molecule has 0 fully saturated rings. The molecule has 0 saturated carbocycles. The maximum atomic E-state index is 5.65. The summed E-state index contributed by atoms with van der Waals surface area (Å²) in [5.74, 6) is 1.12. The number of unbranched alkanes of at least 4 members (excludes halogenated alkanes) is 7. The van der Waals surface area contributed by atoms with Gasteiger partial charge >= 0.3 is 0 Å². The molecule has 1 heteroatoms. The van der Waals surface area contributed by atoms with Crippen LogP contribution in [0, 0.1) is 5.92 Å². The average molecular weight is 504 g/mol. The van der Waals surface area contributed by atoms with E-state index in [2.05, 4.69) is 121 Å². The molecular formula is C37H45N. The molecule has 4 aromatic carbocycles. The molecule has 0 saturated heterocycles. The van der Waals surface area contributed by atoms with Gasteiger partial charge in [-0.1, -0.05) is 166 Å². The van der Waals surface area contributed by atoms with Gasteiger partial charge in [0.2, 0.25) is 0 Å². The largest absolute Gasteiger partial charge is 0.330 e. The van der Waals surface area contributed by atoms with E-state index >= 15 is 0 Å². The van der Waals surface area contributed by atoms with E-state index in [0.717, 1.165) is 6.54 Å². The summed E-state index contributed by atoms with van der Waals surface area (Å²) in [4.78, 5) is 0. The molecule has 0 unspecified atom stereocenters. The summed E-state index contributed by atoms with van der Waals surface area (Å²) < 4.78 is 0. The Hall–Kier alpha value is -3.16. The van der Waals surface area contributed by atoms with Crippen molar-refractivity contribution in [1.82, 2.24) is 0 Å².